The molecule has 1 amide bonds. The summed E-state index contributed by atoms with van der Waals surface area (Å²) in [6.45, 7) is 3.77. The van der Waals surface area contributed by atoms with Crippen LogP contribution in [0.25, 0.3) is 0 Å². The van der Waals surface area contributed by atoms with Gasteiger partial charge in [-0.2, -0.15) is 0 Å². The van der Waals surface area contributed by atoms with Gasteiger partial charge in [-0.1, -0.05) is 6.92 Å². The molecule has 94 valence electrons. The quantitative estimate of drug-likeness (QED) is 0.700. The Kier molecular flexibility index (Phi) is 4.68. The van der Waals surface area contributed by atoms with Gasteiger partial charge in [0, 0.05) is 26.6 Å². The first-order valence-corrected chi connectivity index (χ1v) is 5.64. The minimum atomic E-state index is -0.329. The Morgan fingerprint density at radius 3 is 2.53 bits per heavy atom. The molecule has 1 rings (SSSR count). The van der Waals surface area contributed by atoms with Crippen molar-refractivity contribution in [1.82, 2.24) is 15.3 Å². The number of likely N-dealkylation sites (N-methyl/N-ethyl adjacent to an activating group) is 1. The van der Waals surface area contributed by atoms with Crippen LogP contribution in [0.2, 0.25) is 0 Å². The number of anilines is 2. The Morgan fingerprint density at radius 2 is 2.00 bits per heavy atom. The van der Waals surface area contributed by atoms with Gasteiger partial charge in [-0.15, -0.1) is 0 Å². The Morgan fingerprint density at radius 1 is 1.35 bits per heavy atom. The van der Waals surface area contributed by atoms with Crippen LogP contribution in [0.3, 0.4) is 0 Å². The van der Waals surface area contributed by atoms with Crippen LogP contribution in [-0.2, 0) is 11.2 Å². The number of hydrogen-bond acceptors (Lipinski definition) is 5. The van der Waals surface area contributed by atoms with Gasteiger partial charge >= 0.3 is 0 Å². The number of carbonyl (C=O) groups is 1. The summed E-state index contributed by atoms with van der Waals surface area (Å²) in [6.07, 6.45) is 0.749. The van der Waals surface area contributed by atoms with E-state index < -0.39 is 0 Å². The molecule has 0 spiro atoms. The molecule has 6 heteroatoms. The summed E-state index contributed by atoms with van der Waals surface area (Å²) < 4.78 is 0. The monoisotopic (exact) mass is 237 g/mol. The van der Waals surface area contributed by atoms with Gasteiger partial charge < -0.3 is 16.0 Å². The lowest BCUT2D eigenvalue weighted by Crippen LogP contribution is -2.35. The predicted octanol–water partition coefficient (Wildman–Crippen LogP) is 0.627. The molecule has 1 aromatic heterocycles. The molecule has 0 aliphatic heterocycles. The second-order valence-electron chi connectivity index (χ2n) is 3.64. The summed E-state index contributed by atoms with van der Waals surface area (Å²) in [5.41, 5.74) is 0. The van der Waals surface area contributed by atoms with Crippen molar-refractivity contribution >= 4 is 17.5 Å². The lowest BCUT2D eigenvalue weighted by atomic mass is 10.3. The zero-order chi connectivity index (χ0) is 12.8. The van der Waals surface area contributed by atoms with Crippen molar-refractivity contribution in [1.29, 1.82) is 0 Å². The largest absolute Gasteiger partial charge is 0.373 e. The van der Waals surface area contributed by atoms with Gasteiger partial charge in [-0.3, -0.25) is 4.79 Å². The third kappa shape index (κ3) is 3.58. The summed E-state index contributed by atoms with van der Waals surface area (Å²) in [6, 6.07) is 1.45. The second kappa shape index (κ2) is 6.03. The second-order valence-corrected chi connectivity index (χ2v) is 3.64. The highest BCUT2D eigenvalue weighted by atomic mass is 16.2. The number of hydrogen-bond donors (Lipinski definition) is 3. The molecule has 6 nitrogen and oxygen atoms in total. The highest BCUT2D eigenvalue weighted by Gasteiger charge is 2.12. The smallest absolute Gasteiger partial charge is 0.241 e. The lowest BCUT2D eigenvalue weighted by molar-refractivity contribution is -0.121. The fraction of sp³-hybridized carbons (Fsp3) is 0.545. The molecule has 0 bridgehead atoms. The van der Waals surface area contributed by atoms with Gasteiger partial charge in [-0.05, 0) is 6.92 Å². The van der Waals surface area contributed by atoms with E-state index in [1.165, 1.54) is 0 Å². The normalized spacial score (nSPS) is 11.8. The minimum absolute atomic E-state index is 0.0762. The highest BCUT2D eigenvalue weighted by Crippen LogP contribution is 2.12. The van der Waals surface area contributed by atoms with E-state index in [1.54, 1.807) is 27.1 Å². The highest BCUT2D eigenvalue weighted by molar-refractivity contribution is 5.83. The van der Waals surface area contributed by atoms with Crippen LogP contribution in [0.5, 0.6) is 0 Å². The molecule has 0 aromatic carbocycles. The number of aryl methyl sites for hydroxylation is 1. The topological polar surface area (TPSA) is 78.9 Å². The molecule has 0 saturated carbocycles. The maximum atomic E-state index is 11.4. The minimum Gasteiger partial charge on any atom is -0.373 e. The van der Waals surface area contributed by atoms with Crippen LogP contribution in [0.4, 0.5) is 11.6 Å². The van der Waals surface area contributed by atoms with Crippen molar-refractivity contribution in [2.75, 3.05) is 24.7 Å². The molecule has 3 N–H and O–H groups in total. The van der Waals surface area contributed by atoms with Crippen molar-refractivity contribution in [3.63, 3.8) is 0 Å². The van der Waals surface area contributed by atoms with Crippen LogP contribution in [0, 0.1) is 0 Å². The fourth-order valence-corrected chi connectivity index (χ4v) is 1.36. The number of nitrogens with zero attached hydrogens (tertiary/aromatic N) is 2. The first-order chi connectivity index (χ1) is 8.10. The van der Waals surface area contributed by atoms with E-state index in [1.807, 2.05) is 6.92 Å². The Hall–Kier alpha value is -1.85. The van der Waals surface area contributed by atoms with Crippen molar-refractivity contribution in [2.45, 2.75) is 26.3 Å². The molecule has 1 aromatic rings. The van der Waals surface area contributed by atoms with Gasteiger partial charge in [0.15, 0.2) is 0 Å². The number of amides is 1. The van der Waals surface area contributed by atoms with Crippen LogP contribution < -0.4 is 16.0 Å². The SMILES string of the molecule is CCc1nc(NC)cc(NC(C)C(=O)NC)n1. The summed E-state index contributed by atoms with van der Waals surface area (Å²) in [4.78, 5) is 20.0. The predicted molar refractivity (Wildman–Crippen MR) is 68.1 cm³/mol. The third-order valence-corrected chi connectivity index (χ3v) is 2.35. The van der Waals surface area contributed by atoms with E-state index in [-0.39, 0.29) is 11.9 Å². The fourth-order valence-electron chi connectivity index (χ4n) is 1.36. The maximum Gasteiger partial charge on any atom is 0.241 e. The van der Waals surface area contributed by atoms with Crippen molar-refractivity contribution in [3.05, 3.63) is 11.9 Å². The molecule has 0 saturated heterocycles. The zero-order valence-electron chi connectivity index (χ0n) is 10.7. The van der Waals surface area contributed by atoms with Gasteiger partial charge in [-0.25, -0.2) is 9.97 Å². The lowest BCUT2D eigenvalue weighted by Gasteiger charge is -2.14. The molecule has 0 fully saturated rings. The zero-order valence-corrected chi connectivity index (χ0v) is 10.7. The average molecular weight is 237 g/mol. The Bertz CT molecular complexity index is 371. The number of aromatic nitrogens is 2. The standard InChI is InChI=1S/C11H19N5O/c1-5-8-15-9(12-3)6-10(16-8)14-7(2)11(17)13-4/h6-7H,5H2,1-4H3,(H,13,17)(H2,12,14,15,16). The van der Waals surface area contributed by atoms with E-state index in [0.29, 0.717) is 5.82 Å². The Labute approximate surface area is 101 Å². The molecular weight excluding hydrogens is 218 g/mol. The molecule has 1 heterocycles. The Balaban J connectivity index is 2.86. The molecular formula is C11H19N5O. The first-order valence-electron chi connectivity index (χ1n) is 5.64. The van der Waals surface area contributed by atoms with E-state index in [4.69, 9.17) is 0 Å². The van der Waals surface area contributed by atoms with Crippen LogP contribution in [0.1, 0.15) is 19.7 Å². The average Bonchev–Trinajstić information content (AvgIpc) is 2.36. The molecule has 17 heavy (non-hydrogen) atoms. The van der Waals surface area contributed by atoms with Gasteiger partial charge in [0.25, 0.3) is 0 Å². The van der Waals surface area contributed by atoms with Crippen LogP contribution in [-0.4, -0.2) is 36.0 Å². The third-order valence-electron chi connectivity index (χ3n) is 2.35. The van der Waals surface area contributed by atoms with E-state index in [0.717, 1.165) is 18.1 Å². The molecule has 0 aliphatic rings. The number of rotatable bonds is 5. The van der Waals surface area contributed by atoms with E-state index >= 15 is 0 Å². The van der Waals surface area contributed by atoms with Gasteiger partial charge in [0.1, 0.15) is 23.5 Å². The van der Waals surface area contributed by atoms with Gasteiger partial charge in [0.05, 0.1) is 0 Å². The van der Waals surface area contributed by atoms with Crippen molar-refractivity contribution < 1.29 is 4.79 Å². The van der Waals surface area contributed by atoms with Crippen molar-refractivity contribution in [2.24, 2.45) is 0 Å². The molecule has 0 radical (unpaired) electrons. The molecule has 1 unspecified atom stereocenters. The van der Waals surface area contributed by atoms with Crippen molar-refractivity contribution in [3.8, 4) is 0 Å². The summed E-state index contributed by atoms with van der Waals surface area (Å²) in [5, 5.41) is 8.59. The van der Waals surface area contributed by atoms with E-state index in [2.05, 4.69) is 25.9 Å². The maximum absolute atomic E-state index is 11.4. The summed E-state index contributed by atoms with van der Waals surface area (Å²) >= 11 is 0. The van der Waals surface area contributed by atoms with Crippen LogP contribution >= 0.6 is 0 Å². The molecule has 0 aliphatic carbocycles. The van der Waals surface area contributed by atoms with Crippen LogP contribution in [0.15, 0.2) is 6.07 Å². The summed E-state index contributed by atoms with van der Waals surface area (Å²) in [7, 11) is 3.41. The van der Waals surface area contributed by atoms with E-state index in [9.17, 15) is 4.79 Å². The van der Waals surface area contributed by atoms with Gasteiger partial charge in [0.2, 0.25) is 5.91 Å². The number of carbonyl (C=O) groups excluding carboxylic acids is 1. The first kappa shape index (κ1) is 13.2. The molecule has 1 atom stereocenters. The number of nitrogens with one attached hydrogen (secondary N) is 3. The summed E-state index contributed by atoms with van der Waals surface area (Å²) in [5.74, 6) is 2.05.